The molecule has 1 aromatic heterocycles. The number of carbonyl (C=O) groups is 1. The van der Waals surface area contributed by atoms with E-state index in [1.807, 2.05) is 38.1 Å². The van der Waals surface area contributed by atoms with Gasteiger partial charge in [-0.15, -0.1) is 0 Å². The van der Waals surface area contributed by atoms with E-state index < -0.39 is 5.97 Å². The molecule has 5 heteroatoms. The topological polar surface area (TPSA) is 55.1 Å². The van der Waals surface area contributed by atoms with Gasteiger partial charge in [-0.2, -0.15) is 5.10 Å². The summed E-state index contributed by atoms with van der Waals surface area (Å²) < 4.78 is 2.64. The molecule has 1 aromatic carbocycles. The Hall–Kier alpha value is -1.62. The second kappa shape index (κ2) is 5.57. The molecule has 0 bridgehead atoms. The Labute approximate surface area is 120 Å². The van der Waals surface area contributed by atoms with Crippen molar-refractivity contribution in [1.82, 2.24) is 9.78 Å². The highest BCUT2D eigenvalue weighted by Crippen LogP contribution is 2.25. The van der Waals surface area contributed by atoms with Crippen molar-refractivity contribution in [1.29, 1.82) is 0 Å². The van der Waals surface area contributed by atoms with Gasteiger partial charge in [-0.25, -0.2) is 4.68 Å². The first-order valence-electron chi connectivity index (χ1n) is 6.02. The van der Waals surface area contributed by atoms with Gasteiger partial charge in [-0.3, -0.25) is 4.79 Å². The largest absolute Gasteiger partial charge is 0.481 e. The lowest BCUT2D eigenvalue weighted by Gasteiger charge is -2.04. The third-order valence-electron chi connectivity index (χ3n) is 2.96. The lowest BCUT2D eigenvalue weighted by Crippen LogP contribution is -1.99. The van der Waals surface area contributed by atoms with Gasteiger partial charge in [0.2, 0.25) is 0 Å². The number of halogens is 1. The van der Waals surface area contributed by atoms with E-state index in [9.17, 15) is 4.79 Å². The predicted octanol–water partition coefficient (Wildman–Crippen LogP) is 3.27. The third-order valence-corrected chi connectivity index (χ3v) is 3.77. The fraction of sp³-hybridized carbons (Fsp3) is 0.286. The van der Waals surface area contributed by atoms with Crippen LogP contribution in [0.5, 0.6) is 0 Å². The number of aromatic nitrogens is 2. The van der Waals surface area contributed by atoms with Gasteiger partial charge in [-0.1, -0.05) is 12.1 Å². The molecular weight excluding hydrogens is 308 g/mol. The molecule has 4 nitrogen and oxygen atoms in total. The summed E-state index contributed by atoms with van der Waals surface area (Å²) in [6, 6.07) is 8.02. The van der Waals surface area contributed by atoms with Crippen LogP contribution in [0.4, 0.5) is 0 Å². The lowest BCUT2D eigenvalue weighted by molar-refractivity contribution is -0.136. The van der Waals surface area contributed by atoms with Crippen LogP contribution in [0.1, 0.15) is 23.2 Å². The van der Waals surface area contributed by atoms with Gasteiger partial charge in [0, 0.05) is 12.0 Å². The summed E-state index contributed by atoms with van der Waals surface area (Å²) >= 11 is 3.52. The van der Waals surface area contributed by atoms with Gasteiger partial charge in [0.25, 0.3) is 0 Å². The number of aliphatic carboxylic acids is 1. The molecule has 0 fully saturated rings. The van der Waals surface area contributed by atoms with Crippen LogP contribution in [-0.4, -0.2) is 20.9 Å². The smallest absolute Gasteiger partial charge is 0.303 e. The van der Waals surface area contributed by atoms with Gasteiger partial charge >= 0.3 is 5.97 Å². The average molecular weight is 323 g/mol. The number of carboxylic acids is 1. The maximum Gasteiger partial charge on any atom is 0.303 e. The van der Waals surface area contributed by atoms with Crippen molar-refractivity contribution in [3.8, 4) is 5.69 Å². The first-order chi connectivity index (χ1) is 8.99. The van der Waals surface area contributed by atoms with Gasteiger partial charge in [0.1, 0.15) is 4.60 Å². The SMILES string of the molecule is Cc1cccc(-n2nc(C)c(CCC(=O)O)c2Br)c1. The lowest BCUT2D eigenvalue weighted by atomic mass is 10.1. The summed E-state index contributed by atoms with van der Waals surface area (Å²) in [5, 5.41) is 13.3. The minimum absolute atomic E-state index is 0.110. The van der Waals surface area contributed by atoms with Crippen molar-refractivity contribution in [2.45, 2.75) is 26.7 Å². The summed E-state index contributed by atoms with van der Waals surface area (Å²) in [6.07, 6.45) is 0.590. The van der Waals surface area contributed by atoms with Gasteiger partial charge in [-0.05, 0) is 53.9 Å². The Morgan fingerprint density at radius 3 is 2.79 bits per heavy atom. The van der Waals surface area contributed by atoms with E-state index in [-0.39, 0.29) is 6.42 Å². The number of aryl methyl sites for hydroxylation is 2. The molecule has 0 spiro atoms. The standard InChI is InChI=1S/C14H15BrN2O2/c1-9-4-3-5-11(8-9)17-14(15)12(10(2)16-17)6-7-13(18)19/h3-5,8H,6-7H2,1-2H3,(H,18,19). The zero-order valence-electron chi connectivity index (χ0n) is 10.9. The molecule has 0 atom stereocenters. The number of hydrogen-bond acceptors (Lipinski definition) is 2. The van der Waals surface area contributed by atoms with E-state index in [1.54, 1.807) is 4.68 Å². The molecule has 0 amide bonds. The van der Waals surface area contributed by atoms with E-state index in [2.05, 4.69) is 21.0 Å². The molecule has 0 radical (unpaired) electrons. The molecule has 0 aliphatic rings. The van der Waals surface area contributed by atoms with Crippen molar-refractivity contribution in [2.24, 2.45) is 0 Å². The highest BCUT2D eigenvalue weighted by molar-refractivity contribution is 9.10. The molecule has 19 heavy (non-hydrogen) atoms. The number of benzene rings is 1. The molecular formula is C14H15BrN2O2. The molecule has 2 rings (SSSR count). The first kappa shape index (κ1) is 13.8. The summed E-state index contributed by atoms with van der Waals surface area (Å²) in [5.74, 6) is -0.797. The second-order valence-corrected chi connectivity index (χ2v) is 5.25. The molecule has 1 heterocycles. The summed E-state index contributed by atoms with van der Waals surface area (Å²) in [4.78, 5) is 10.7. The van der Waals surface area contributed by atoms with Crippen LogP contribution in [0.3, 0.4) is 0 Å². The van der Waals surface area contributed by atoms with Crippen LogP contribution < -0.4 is 0 Å². The van der Waals surface area contributed by atoms with Crippen LogP contribution in [-0.2, 0) is 11.2 Å². The minimum Gasteiger partial charge on any atom is -0.481 e. The molecule has 100 valence electrons. The quantitative estimate of drug-likeness (QED) is 0.939. The van der Waals surface area contributed by atoms with E-state index in [4.69, 9.17) is 5.11 Å². The summed E-state index contributed by atoms with van der Waals surface area (Å²) in [5.41, 5.74) is 3.93. The van der Waals surface area contributed by atoms with Crippen molar-refractivity contribution in [2.75, 3.05) is 0 Å². The normalized spacial score (nSPS) is 10.7. The van der Waals surface area contributed by atoms with Crippen LogP contribution in [0.2, 0.25) is 0 Å². The van der Waals surface area contributed by atoms with Gasteiger partial charge in [0.05, 0.1) is 11.4 Å². The summed E-state index contributed by atoms with van der Waals surface area (Å²) in [7, 11) is 0. The fourth-order valence-corrected chi connectivity index (χ4v) is 2.75. The number of nitrogens with zero attached hydrogens (tertiary/aromatic N) is 2. The fourth-order valence-electron chi connectivity index (χ4n) is 1.98. The third kappa shape index (κ3) is 3.04. The first-order valence-corrected chi connectivity index (χ1v) is 6.81. The Morgan fingerprint density at radius 2 is 2.16 bits per heavy atom. The molecule has 0 saturated heterocycles. The van der Waals surface area contributed by atoms with Crippen LogP contribution in [0, 0.1) is 13.8 Å². The van der Waals surface area contributed by atoms with Crippen LogP contribution in [0.25, 0.3) is 5.69 Å². The molecule has 0 aliphatic carbocycles. The maximum absolute atomic E-state index is 10.7. The zero-order valence-corrected chi connectivity index (χ0v) is 12.4. The van der Waals surface area contributed by atoms with Gasteiger partial charge in [0.15, 0.2) is 0 Å². The van der Waals surface area contributed by atoms with Crippen LogP contribution in [0.15, 0.2) is 28.9 Å². The Kier molecular flexibility index (Phi) is 4.04. The zero-order chi connectivity index (χ0) is 14.0. The number of carboxylic acid groups (broad SMARTS) is 1. The predicted molar refractivity (Wildman–Crippen MR) is 76.7 cm³/mol. The van der Waals surface area contributed by atoms with Gasteiger partial charge < -0.3 is 5.11 Å². The van der Waals surface area contributed by atoms with Crippen molar-refractivity contribution in [3.63, 3.8) is 0 Å². The molecule has 0 saturated carbocycles. The van der Waals surface area contributed by atoms with Crippen LogP contribution >= 0.6 is 15.9 Å². The average Bonchev–Trinajstić information content (AvgIpc) is 2.62. The van der Waals surface area contributed by atoms with E-state index in [0.29, 0.717) is 6.42 Å². The Balaban J connectivity index is 2.38. The van der Waals surface area contributed by atoms with E-state index in [1.165, 1.54) is 0 Å². The second-order valence-electron chi connectivity index (χ2n) is 4.50. The highest BCUT2D eigenvalue weighted by atomic mass is 79.9. The number of hydrogen-bond donors (Lipinski definition) is 1. The van der Waals surface area contributed by atoms with E-state index in [0.717, 1.165) is 27.1 Å². The Morgan fingerprint density at radius 1 is 1.42 bits per heavy atom. The van der Waals surface area contributed by atoms with Crippen molar-refractivity contribution in [3.05, 3.63) is 45.7 Å². The minimum atomic E-state index is -0.797. The van der Waals surface area contributed by atoms with E-state index >= 15 is 0 Å². The maximum atomic E-state index is 10.7. The summed E-state index contributed by atoms with van der Waals surface area (Å²) in [6.45, 7) is 3.92. The van der Waals surface area contributed by atoms with Crippen molar-refractivity contribution < 1.29 is 9.90 Å². The monoisotopic (exact) mass is 322 g/mol. The van der Waals surface area contributed by atoms with Crippen molar-refractivity contribution >= 4 is 21.9 Å². The molecule has 2 aromatic rings. The highest BCUT2D eigenvalue weighted by Gasteiger charge is 2.15. The Bertz CT molecular complexity index is 620. The molecule has 0 aliphatic heterocycles. The molecule has 1 N–H and O–H groups in total. The molecule has 0 unspecified atom stereocenters. The number of rotatable bonds is 4.